The minimum Gasteiger partial charge on any atom is -0.395 e. The van der Waals surface area contributed by atoms with Crippen LogP contribution in [0.2, 0.25) is 0 Å². The lowest BCUT2D eigenvalue weighted by atomic mass is 10.1. The maximum Gasteiger partial charge on any atom is 0.519 e. The van der Waals surface area contributed by atoms with E-state index in [0.29, 0.717) is 28.6 Å². The lowest BCUT2D eigenvalue weighted by Gasteiger charge is -2.13. The summed E-state index contributed by atoms with van der Waals surface area (Å²) in [6.45, 7) is 0. The summed E-state index contributed by atoms with van der Waals surface area (Å²) in [4.78, 5) is 77.4. The number of nitrogens with one attached hydrogen (secondary N) is 3. The Morgan fingerprint density at radius 3 is 0.873 bits per heavy atom. The summed E-state index contributed by atoms with van der Waals surface area (Å²) in [5.41, 5.74) is 0.857. The molecule has 0 saturated heterocycles. The Kier molecular flexibility index (Phi) is 13.4. The van der Waals surface area contributed by atoms with E-state index in [1.54, 1.807) is 91.0 Å². The van der Waals surface area contributed by atoms with Gasteiger partial charge in [-0.1, -0.05) is 54.6 Å². The number of carbonyl (C=O) groups is 6. The molecule has 0 aliphatic heterocycles. The van der Waals surface area contributed by atoms with Crippen LogP contribution in [0, 0.1) is 0 Å². The molecule has 0 unspecified atom stereocenters. The van der Waals surface area contributed by atoms with E-state index in [2.05, 4.69) is 16.0 Å². The number of hydrogen-bond donors (Lipinski definition) is 3. The maximum atomic E-state index is 13.6. The summed E-state index contributed by atoms with van der Waals surface area (Å²) in [6.07, 6.45) is -2.88. The Bertz CT molecular complexity index is 2600. The molecule has 15 heteroatoms. The molecule has 0 aliphatic rings. The highest BCUT2D eigenvalue weighted by molar-refractivity contribution is 6.11. The van der Waals surface area contributed by atoms with Crippen LogP contribution in [0.4, 0.5) is 31.4 Å². The van der Waals surface area contributed by atoms with Gasteiger partial charge in [0.1, 0.15) is 34.5 Å². The van der Waals surface area contributed by atoms with Crippen molar-refractivity contribution in [1.82, 2.24) is 0 Å². The maximum absolute atomic E-state index is 13.6. The smallest absolute Gasteiger partial charge is 0.395 e. The summed E-state index contributed by atoms with van der Waals surface area (Å²) in [5, 5.41) is 8.15. The molecule has 0 aromatic heterocycles. The molecule has 7 aromatic rings. The molecule has 3 N–H and O–H groups in total. The van der Waals surface area contributed by atoms with Gasteiger partial charge in [-0.15, -0.1) is 0 Å². The average molecular weight is 844 g/mol. The van der Waals surface area contributed by atoms with Crippen LogP contribution in [0.5, 0.6) is 34.5 Å². The van der Waals surface area contributed by atoms with Crippen molar-refractivity contribution in [3.05, 3.63) is 199 Å². The molecule has 7 rings (SSSR count). The largest absolute Gasteiger partial charge is 0.519 e. The quantitative estimate of drug-likeness (QED) is 0.0779. The van der Waals surface area contributed by atoms with Crippen molar-refractivity contribution >= 4 is 53.2 Å². The minimum atomic E-state index is -0.972. The number of anilines is 3. The van der Waals surface area contributed by atoms with Crippen LogP contribution in [-0.2, 0) is 0 Å². The van der Waals surface area contributed by atoms with E-state index < -0.39 is 36.2 Å². The fourth-order valence-corrected chi connectivity index (χ4v) is 5.56. The molecule has 0 bridgehead atoms. The van der Waals surface area contributed by atoms with E-state index in [1.807, 2.05) is 0 Å². The van der Waals surface area contributed by atoms with Gasteiger partial charge in [0.15, 0.2) is 0 Å². The van der Waals surface area contributed by atoms with E-state index in [0.717, 1.165) is 0 Å². The van der Waals surface area contributed by atoms with Gasteiger partial charge in [0, 0.05) is 33.8 Å². The summed E-state index contributed by atoms with van der Waals surface area (Å²) in [6, 6.07) is 46.5. The van der Waals surface area contributed by atoms with E-state index in [9.17, 15) is 28.8 Å². The molecule has 0 aliphatic carbocycles. The van der Waals surface area contributed by atoms with E-state index in [4.69, 9.17) is 28.4 Å². The first kappa shape index (κ1) is 41.9. The summed E-state index contributed by atoms with van der Waals surface area (Å²) in [5.74, 6) is -0.602. The van der Waals surface area contributed by atoms with Gasteiger partial charge in [-0.2, -0.15) is 0 Å². The van der Waals surface area contributed by atoms with Gasteiger partial charge in [-0.25, -0.2) is 14.4 Å². The molecule has 0 atom stereocenters. The molecule has 0 saturated carbocycles. The topological polar surface area (TPSA) is 194 Å². The van der Waals surface area contributed by atoms with Crippen molar-refractivity contribution < 1.29 is 57.2 Å². The Morgan fingerprint density at radius 2 is 0.540 bits per heavy atom. The number of para-hydroxylation sites is 3. The second kappa shape index (κ2) is 20.1. The lowest BCUT2D eigenvalue weighted by Crippen LogP contribution is -2.18. The van der Waals surface area contributed by atoms with Gasteiger partial charge in [0.2, 0.25) is 0 Å². The molecular formula is C48H33N3O12. The van der Waals surface area contributed by atoms with Crippen LogP contribution in [0.15, 0.2) is 182 Å². The standard InChI is InChI=1S/C48H33N3O12/c52-43(31-16-22-40(23-17-31)61-46(55)58-37-10-4-1-5-11-37)51-36-29-32(44(53)49-34-18-24-41(25-19-34)62-47(56)59-38-12-6-2-7-13-38)28-33(30-36)45(54)50-35-20-26-42(27-21-35)63-48(57)60-39-14-8-3-9-15-39/h1-30H,(H,49,53)(H,50,54)(H,51,52). The summed E-state index contributed by atoms with van der Waals surface area (Å²) >= 11 is 0. The second-order valence-corrected chi connectivity index (χ2v) is 13.0. The Morgan fingerprint density at radius 1 is 0.270 bits per heavy atom. The third-order valence-corrected chi connectivity index (χ3v) is 8.49. The third kappa shape index (κ3) is 12.4. The SMILES string of the molecule is O=C(Oc1ccccc1)Oc1ccc(NC(=O)c2cc(NC(=O)c3ccc(OC(=O)Oc4ccccc4)cc3)cc(C(=O)Nc3ccc(OC(=O)Oc4ccccc4)cc3)c2)cc1. The highest BCUT2D eigenvalue weighted by atomic mass is 16.7. The van der Waals surface area contributed by atoms with E-state index >= 15 is 0 Å². The summed E-state index contributed by atoms with van der Waals surface area (Å²) in [7, 11) is 0. The minimum absolute atomic E-state index is 0.00827. The van der Waals surface area contributed by atoms with Gasteiger partial charge in [-0.05, 0) is 127 Å². The lowest BCUT2D eigenvalue weighted by molar-refractivity contribution is 0.101. The number of hydrogen-bond acceptors (Lipinski definition) is 12. The van der Waals surface area contributed by atoms with E-state index in [1.165, 1.54) is 91.0 Å². The highest BCUT2D eigenvalue weighted by Gasteiger charge is 2.18. The first-order chi connectivity index (χ1) is 30.6. The molecular weight excluding hydrogens is 811 g/mol. The number of amides is 3. The first-order valence-electron chi connectivity index (χ1n) is 18.9. The Balaban J connectivity index is 1.04. The van der Waals surface area contributed by atoms with Crippen LogP contribution in [0.25, 0.3) is 0 Å². The van der Waals surface area contributed by atoms with Crippen molar-refractivity contribution in [2.45, 2.75) is 0 Å². The fraction of sp³-hybridized carbons (Fsp3) is 0. The summed E-state index contributed by atoms with van der Waals surface area (Å²) < 4.78 is 31.1. The van der Waals surface area contributed by atoms with Crippen LogP contribution in [-0.4, -0.2) is 36.2 Å². The molecule has 3 amide bonds. The monoisotopic (exact) mass is 843 g/mol. The van der Waals surface area contributed by atoms with Crippen LogP contribution < -0.4 is 44.4 Å². The third-order valence-electron chi connectivity index (χ3n) is 8.49. The predicted octanol–water partition coefficient (Wildman–Crippen LogP) is 10.2. The number of carbonyl (C=O) groups excluding carboxylic acids is 6. The Labute approximate surface area is 358 Å². The van der Waals surface area contributed by atoms with Gasteiger partial charge in [0.25, 0.3) is 17.7 Å². The molecule has 0 radical (unpaired) electrons. The zero-order chi connectivity index (χ0) is 44.0. The van der Waals surface area contributed by atoms with Crippen molar-refractivity contribution in [3.8, 4) is 34.5 Å². The molecule has 0 fully saturated rings. The fourth-order valence-electron chi connectivity index (χ4n) is 5.56. The number of rotatable bonds is 12. The molecule has 7 aromatic carbocycles. The molecule has 312 valence electrons. The predicted molar refractivity (Wildman–Crippen MR) is 229 cm³/mol. The highest BCUT2D eigenvalue weighted by Crippen LogP contribution is 2.24. The Hall–Kier alpha value is -9.24. The van der Waals surface area contributed by atoms with Crippen molar-refractivity contribution in [3.63, 3.8) is 0 Å². The van der Waals surface area contributed by atoms with Crippen LogP contribution >= 0.6 is 0 Å². The molecule has 0 spiro atoms. The zero-order valence-corrected chi connectivity index (χ0v) is 32.7. The molecule has 63 heavy (non-hydrogen) atoms. The van der Waals surface area contributed by atoms with Gasteiger partial charge in [-0.3, -0.25) is 14.4 Å². The van der Waals surface area contributed by atoms with Gasteiger partial charge >= 0.3 is 18.5 Å². The van der Waals surface area contributed by atoms with Crippen LogP contribution in [0.3, 0.4) is 0 Å². The van der Waals surface area contributed by atoms with Crippen molar-refractivity contribution in [1.29, 1.82) is 0 Å². The molecule has 0 heterocycles. The van der Waals surface area contributed by atoms with Crippen molar-refractivity contribution in [2.75, 3.05) is 16.0 Å². The zero-order valence-electron chi connectivity index (χ0n) is 32.7. The average Bonchev–Trinajstić information content (AvgIpc) is 3.28. The van der Waals surface area contributed by atoms with Crippen molar-refractivity contribution in [2.24, 2.45) is 0 Å². The van der Waals surface area contributed by atoms with E-state index in [-0.39, 0.29) is 39.6 Å². The molecule has 15 nitrogen and oxygen atoms in total. The first-order valence-corrected chi connectivity index (χ1v) is 18.9. The van der Waals surface area contributed by atoms with Gasteiger partial charge in [0.05, 0.1) is 0 Å². The second-order valence-electron chi connectivity index (χ2n) is 13.0. The normalized spacial score (nSPS) is 10.3. The number of benzene rings is 7. The van der Waals surface area contributed by atoms with Crippen LogP contribution in [0.1, 0.15) is 31.1 Å². The van der Waals surface area contributed by atoms with Gasteiger partial charge < -0.3 is 44.4 Å². The number of ether oxygens (including phenoxy) is 6.